The number of hydrogen-bond donors (Lipinski definition) is 1. The summed E-state index contributed by atoms with van der Waals surface area (Å²) < 4.78 is 0.561. The molecule has 0 aliphatic rings. The van der Waals surface area contributed by atoms with Crippen LogP contribution in [0.1, 0.15) is 10.6 Å². The lowest BCUT2D eigenvalue weighted by molar-refractivity contribution is -0.384. The van der Waals surface area contributed by atoms with Crippen LogP contribution < -0.4 is 5.32 Å². The van der Waals surface area contributed by atoms with E-state index in [9.17, 15) is 10.1 Å². The Bertz CT molecular complexity index is 594. The van der Waals surface area contributed by atoms with Gasteiger partial charge < -0.3 is 5.32 Å². The van der Waals surface area contributed by atoms with Crippen LogP contribution >= 0.6 is 27.3 Å². The molecule has 0 spiro atoms. The van der Waals surface area contributed by atoms with Crippen LogP contribution in [0.2, 0.25) is 0 Å². The van der Waals surface area contributed by atoms with Gasteiger partial charge in [0.1, 0.15) is 0 Å². The average Bonchev–Trinajstić information content (AvgIpc) is 2.60. The summed E-state index contributed by atoms with van der Waals surface area (Å²) >= 11 is 4.60. The summed E-state index contributed by atoms with van der Waals surface area (Å²) in [6.07, 6.45) is 1.50. The average molecular weight is 329 g/mol. The number of anilines is 2. The Balaban J connectivity index is 2.36. The van der Waals surface area contributed by atoms with Gasteiger partial charge in [-0.15, -0.1) is 11.3 Å². The van der Waals surface area contributed by atoms with Gasteiger partial charge in [0.15, 0.2) is 5.13 Å². The molecular formula is C10H9BrN4O2S. The fourth-order valence-corrected chi connectivity index (χ4v) is 2.42. The molecule has 0 saturated carbocycles. The van der Waals surface area contributed by atoms with Crippen molar-refractivity contribution in [1.29, 1.82) is 0 Å². The molecule has 6 nitrogen and oxygen atoms in total. The molecule has 1 N–H and O–H groups in total. The lowest BCUT2D eigenvalue weighted by Gasteiger charge is -2.02. The highest BCUT2D eigenvalue weighted by atomic mass is 79.9. The number of nitrogens with zero attached hydrogens (tertiary/aromatic N) is 3. The van der Waals surface area contributed by atoms with E-state index in [2.05, 4.69) is 31.2 Å². The van der Waals surface area contributed by atoms with Crippen molar-refractivity contribution in [3.05, 3.63) is 37.4 Å². The second-order valence-electron chi connectivity index (χ2n) is 3.56. The molecule has 0 radical (unpaired) electrons. The maximum absolute atomic E-state index is 10.9. The minimum atomic E-state index is -0.479. The Labute approximate surface area is 115 Å². The predicted molar refractivity (Wildman–Crippen MR) is 73.5 cm³/mol. The van der Waals surface area contributed by atoms with Crippen molar-refractivity contribution in [3.63, 3.8) is 0 Å². The van der Waals surface area contributed by atoms with Gasteiger partial charge in [-0.05, 0) is 29.8 Å². The van der Waals surface area contributed by atoms with E-state index in [-0.39, 0.29) is 11.5 Å². The number of nitrogens with one attached hydrogen (secondary N) is 1. The summed E-state index contributed by atoms with van der Waals surface area (Å²) in [5, 5.41) is 14.4. The number of rotatable bonds is 3. The van der Waals surface area contributed by atoms with E-state index in [1.165, 1.54) is 23.6 Å². The van der Waals surface area contributed by atoms with Crippen molar-refractivity contribution in [2.75, 3.05) is 5.32 Å². The maximum atomic E-state index is 10.9. The van der Waals surface area contributed by atoms with Gasteiger partial charge in [0.2, 0.25) is 5.82 Å². The molecule has 0 aliphatic heterocycles. The predicted octanol–water partition coefficient (Wildman–Crippen LogP) is 3.57. The zero-order chi connectivity index (χ0) is 13.3. The van der Waals surface area contributed by atoms with Crippen molar-refractivity contribution in [1.82, 2.24) is 9.97 Å². The second-order valence-corrected chi connectivity index (χ2v) is 5.68. The van der Waals surface area contributed by atoms with E-state index in [0.717, 1.165) is 10.6 Å². The third kappa shape index (κ3) is 2.65. The van der Waals surface area contributed by atoms with Gasteiger partial charge in [0, 0.05) is 21.6 Å². The summed E-state index contributed by atoms with van der Waals surface area (Å²) in [5.74, 6) is 0.192. The Morgan fingerprint density at radius 2 is 2.22 bits per heavy atom. The van der Waals surface area contributed by atoms with Crippen molar-refractivity contribution in [2.24, 2.45) is 0 Å². The molecule has 8 heteroatoms. The lowest BCUT2D eigenvalue weighted by atomic mass is 10.4. The van der Waals surface area contributed by atoms with Gasteiger partial charge in [-0.2, -0.15) is 0 Å². The van der Waals surface area contributed by atoms with E-state index in [1.54, 1.807) is 0 Å². The zero-order valence-electron chi connectivity index (χ0n) is 9.60. The van der Waals surface area contributed by atoms with Crippen molar-refractivity contribution >= 4 is 43.9 Å². The highest BCUT2D eigenvalue weighted by molar-refractivity contribution is 9.10. The maximum Gasteiger partial charge on any atom is 0.312 e. The lowest BCUT2D eigenvalue weighted by Crippen LogP contribution is -1.99. The first kappa shape index (κ1) is 12.9. The molecular weight excluding hydrogens is 320 g/mol. The van der Waals surface area contributed by atoms with E-state index in [0.29, 0.717) is 9.60 Å². The molecule has 0 unspecified atom stereocenters. The molecule has 94 valence electrons. The summed E-state index contributed by atoms with van der Waals surface area (Å²) in [4.78, 5) is 19.8. The van der Waals surface area contributed by atoms with Crippen LogP contribution in [0.15, 0.2) is 16.7 Å². The highest BCUT2D eigenvalue weighted by Gasteiger charge is 2.17. The molecule has 18 heavy (non-hydrogen) atoms. The fraction of sp³-hybridized carbons (Fsp3) is 0.200. The number of nitro groups is 1. The van der Waals surface area contributed by atoms with Gasteiger partial charge >= 0.3 is 5.69 Å². The van der Waals surface area contributed by atoms with Crippen LogP contribution in [-0.4, -0.2) is 14.9 Å². The van der Waals surface area contributed by atoms with E-state index < -0.39 is 4.92 Å². The first-order valence-corrected chi connectivity index (χ1v) is 6.59. The molecule has 2 heterocycles. The van der Waals surface area contributed by atoms with Gasteiger partial charge in [-0.1, -0.05) is 0 Å². The van der Waals surface area contributed by atoms with Crippen LogP contribution in [-0.2, 0) is 0 Å². The van der Waals surface area contributed by atoms with Crippen molar-refractivity contribution < 1.29 is 4.92 Å². The molecule has 2 aromatic rings. The van der Waals surface area contributed by atoms with E-state index in [1.807, 2.05) is 13.8 Å². The topological polar surface area (TPSA) is 81.0 Å². The Hall–Kier alpha value is -1.54. The molecule has 0 aliphatic carbocycles. The first-order chi connectivity index (χ1) is 8.47. The highest BCUT2D eigenvalue weighted by Crippen LogP contribution is 2.30. The van der Waals surface area contributed by atoms with Gasteiger partial charge in [0.25, 0.3) is 0 Å². The molecule has 0 saturated heterocycles. The number of aromatic nitrogens is 2. The van der Waals surface area contributed by atoms with E-state index in [4.69, 9.17) is 0 Å². The minimum Gasteiger partial charge on any atom is -0.310 e. The van der Waals surface area contributed by atoms with Gasteiger partial charge in [-0.25, -0.2) is 9.97 Å². The number of aryl methyl sites for hydroxylation is 2. The molecule has 0 fully saturated rings. The number of halogens is 1. The molecule has 2 aromatic heterocycles. The van der Waals surface area contributed by atoms with Gasteiger partial charge in [0.05, 0.1) is 10.6 Å². The first-order valence-electron chi connectivity index (χ1n) is 4.98. The summed E-state index contributed by atoms with van der Waals surface area (Å²) in [7, 11) is 0. The minimum absolute atomic E-state index is 0.0881. The smallest absolute Gasteiger partial charge is 0.310 e. The van der Waals surface area contributed by atoms with Crippen molar-refractivity contribution in [3.8, 4) is 0 Å². The molecule has 2 rings (SSSR count). The number of hydrogen-bond acceptors (Lipinski definition) is 6. The van der Waals surface area contributed by atoms with Gasteiger partial charge in [-0.3, -0.25) is 10.1 Å². The third-order valence-corrected chi connectivity index (χ3v) is 3.71. The molecule has 0 amide bonds. The van der Waals surface area contributed by atoms with Crippen LogP contribution in [0.3, 0.4) is 0 Å². The summed E-state index contributed by atoms with van der Waals surface area (Å²) in [6, 6.07) is 1.41. The van der Waals surface area contributed by atoms with Crippen molar-refractivity contribution in [2.45, 2.75) is 13.8 Å². The third-order valence-electron chi connectivity index (χ3n) is 2.28. The van der Waals surface area contributed by atoms with Crippen LogP contribution in [0.25, 0.3) is 0 Å². The zero-order valence-corrected chi connectivity index (χ0v) is 12.0. The Kier molecular flexibility index (Phi) is 3.58. The summed E-state index contributed by atoms with van der Waals surface area (Å²) in [5.41, 5.74) is 0.817. The SMILES string of the molecule is Cc1nc(Nc2ncc(Br)cc2[N+](=O)[O-])sc1C. The summed E-state index contributed by atoms with van der Waals surface area (Å²) in [6.45, 7) is 3.84. The molecule has 0 bridgehead atoms. The number of thiazole rings is 1. The fourth-order valence-electron chi connectivity index (χ4n) is 1.29. The largest absolute Gasteiger partial charge is 0.312 e. The monoisotopic (exact) mass is 328 g/mol. The van der Waals surface area contributed by atoms with Crippen LogP contribution in [0.5, 0.6) is 0 Å². The standard InChI is InChI=1S/C10H9BrN4O2S/c1-5-6(2)18-10(13-5)14-9-8(15(16)17)3-7(11)4-12-9/h3-4H,1-2H3,(H,12,13,14). The molecule has 0 atom stereocenters. The Morgan fingerprint density at radius 3 is 2.78 bits per heavy atom. The van der Waals surface area contributed by atoms with Crippen LogP contribution in [0, 0.1) is 24.0 Å². The normalized spacial score (nSPS) is 10.4. The van der Waals surface area contributed by atoms with E-state index >= 15 is 0 Å². The second kappa shape index (κ2) is 4.99. The Morgan fingerprint density at radius 1 is 1.50 bits per heavy atom. The number of pyridine rings is 1. The molecule has 0 aromatic carbocycles. The van der Waals surface area contributed by atoms with Crippen LogP contribution in [0.4, 0.5) is 16.6 Å². The quantitative estimate of drug-likeness (QED) is 0.688.